The molecule has 3 aromatic carbocycles. The van der Waals surface area contributed by atoms with Crippen LogP contribution in [0.25, 0.3) is 0 Å². The van der Waals surface area contributed by atoms with Crippen LogP contribution in [-0.4, -0.2) is 43.5 Å². The minimum atomic E-state index is -0.559. The SMILES string of the molecule is CCCN[C@H]1C=C(COCc2ccccc2)[C@@H](OCc2ccccc2)[C@H](OCc2ccccc2)[C@H]1OC(C)=O. The highest BCUT2D eigenvalue weighted by Crippen LogP contribution is 2.30. The Bertz CT molecular complexity index is 1150. The maximum atomic E-state index is 12.3. The number of rotatable bonds is 14. The van der Waals surface area contributed by atoms with E-state index in [1.165, 1.54) is 6.92 Å². The predicted octanol–water partition coefficient (Wildman–Crippen LogP) is 5.61. The molecule has 0 amide bonds. The molecular weight excluding hydrogens is 490 g/mol. The Morgan fingerprint density at radius 3 is 1.79 bits per heavy atom. The molecule has 0 radical (unpaired) electrons. The first-order valence-corrected chi connectivity index (χ1v) is 13.7. The lowest BCUT2D eigenvalue weighted by Gasteiger charge is -2.41. The summed E-state index contributed by atoms with van der Waals surface area (Å²) in [5.41, 5.74) is 4.16. The van der Waals surface area contributed by atoms with Crippen LogP contribution in [0.3, 0.4) is 0 Å². The standard InChI is InChI=1S/C33H39NO5/c1-3-19-34-30-20-29(24-36-21-26-13-7-4-8-14-26)31(37-22-27-15-9-5-10-16-27)33(32(30)39-25(2)35)38-23-28-17-11-6-12-18-28/h4-18,20,30-34H,3,19,21-24H2,1-2H3/t30-,31+,32-,33-/m0/s1. The quantitative estimate of drug-likeness (QED) is 0.216. The number of benzene rings is 3. The molecule has 1 aliphatic carbocycles. The summed E-state index contributed by atoms with van der Waals surface area (Å²) in [5, 5.41) is 3.54. The highest BCUT2D eigenvalue weighted by Gasteiger charge is 2.44. The molecule has 6 heteroatoms. The number of nitrogens with one attached hydrogen (secondary N) is 1. The average Bonchev–Trinajstić information content (AvgIpc) is 2.96. The van der Waals surface area contributed by atoms with Crippen molar-refractivity contribution in [3.63, 3.8) is 0 Å². The van der Waals surface area contributed by atoms with Crippen LogP contribution in [0, 0.1) is 0 Å². The van der Waals surface area contributed by atoms with Gasteiger partial charge in [0, 0.05) is 6.92 Å². The molecule has 0 heterocycles. The zero-order valence-electron chi connectivity index (χ0n) is 22.8. The lowest BCUT2D eigenvalue weighted by molar-refractivity contribution is -0.172. The van der Waals surface area contributed by atoms with Gasteiger partial charge in [0.25, 0.3) is 0 Å². The molecule has 0 saturated carbocycles. The topological polar surface area (TPSA) is 66.0 Å². The molecule has 0 spiro atoms. The summed E-state index contributed by atoms with van der Waals surface area (Å²) in [7, 11) is 0. The van der Waals surface area contributed by atoms with Gasteiger partial charge in [0.1, 0.15) is 18.3 Å². The third-order valence-corrected chi connectivity index (χ3v) is 6.61. The van der Waals surface area contributed by atoms with Crippen molar-refractivity contribution >= 4 is 5.97 Å². The van der Waals surface area contributed by atoms with E-state index in [0.717, 1.165) is 35.2 Å². The van der Waals surface area contributed by atoms with E-state index in [2.05, 4.69) is 18.3 Å². The minimum absolute atomic E-state index is 0.235. The molecule has 0 aliphatic heterocycles. The van der Waals surface area contributed by atoms with Gasteiger partial charge in [-0.3, -0.25) is 4.79 Å². The normalized spacial score (nSPS) is 20.8. The van der Waals surface area contributed by atoms with Crippen molar-refractivity contribution in [2.45, 2.75) is 64.4 Å². The maximum Gasteiger partial charge on any atom is 0.303 e. The zero-order chi connectivity index (χ0) is 27.3. The summed E-state index contributed by atoms with van der Waals surface area (Å²) in [6.07, 6.45) is 1.49. The Labute approximate surface area is 231 Å². The van der Waals surface area contributed by atoms with Crippen LogP contribution in [0.5, 0.6) is 0 Å². The van der Waals surface area contributed by atoms with Crippen LogP contribution in [0.4, 0.5) is 0 Å². The van der Waals surface area contributed by atoms with Crippen molar-refractivity contribution in [3.8, 4) is 0 Å². The fourth-order valence-corrected chi connectivity index (χ4v) is 4.73. The lowest BCUT2D eigenvalue weighted by Crippen LogP contribution is -2.57. The second kappa shape index (κ2) is 15.3. The molecule has 0 bridgehead atoms. The Morgan fingerprint density at radius 1 is 0.718 bits per heavy atom. The molecule has 4 atom stereocenters. The van der Waals surface area contributed by atoms with Gasteiger partial charge in [-0.2, -0.15) is 0 Å². The van der Waals surface area contributed by atoms with E-state index in [1.807, 2.05) is 91.0 Å². The van der Waals surface area contributed by atoms with Gasteiger partial charge in [0.05, 0.1) is 32.5 Å². The summed E-state index contributed by atoms with van der Waals surface area (Å²) in [5.74, 6) is -0.351. The third kappa shape index (κ3) is 8.87. The van der Waals surface area contributed by atoms with E-state index < -0.39 is 18.3 Å². The smallest absolute Gasteiger partial charge is 0.303 e. The van der Waals surface area contributed by atoms with Gasteiger partial charge in [0.15, 0.2) is 0 Å². The summed E-state index contributed by atoms with van der Waals surface area (Å²) in [6.45, 7) is 5.94. The molecule has 39 heavy (non-hydrogen) atoms. The van der Waals surface area contributed by atoms with Gasteiger partial charge in [0.2, 0.25) is 0 Å². The number of carbonyl (C=O) groups excluding carboxylic acids is 1. The van der Waals surface area contributed by atoms with Gasteiger partial charge in [-0.05, 0) is 35.2 Å². The van der Waals surface area contributed by atoms with Gasteiger partial charge in [-0.15, -0.1) is 0 Å². The van der Waals surface area contributed by atoms with Crippen molar-refractivity contribution in [1.29, 1.82) is 0 Å². The number of esters is 1. The number of carbonyl (C=O) groups is 1. The minimum Gasteiger partial charge on any atom is -0.458 e. The van der Waals surface area contributed by atoms with Gasteiger partial charge in [-0.1, -0.05) is 104 Å². The Kier molecular flexibility index (Phi) is 11.3. The maximum absolute atomic E-state index is 12.3. The second-order valence-corrected chi connectivity index (χ2v) is 9.75. The van der Waals surface area contributed by atoms with Crippen molar-refractivity contribution in [2.24, 2.45) is 0 Å². The summed E-state index contributed by atoms with van der Waals surface area (Å²) >= 11 is 0. The van der Waals surface area contributed by atoms with Crippen molar-refractivity contribution in [1.82, 2.24) is 5.32 Å². The third-order valence-electron chi connectivity index (χ3n) is 6.61. The lowest BCUT2D eigenvalue weighted by atomic mass is 9.87. The number of hydrogen-bond donors (Lipinski definition) is 1. The van der Waals surface area contributed by atoms with Crippen LogP contribution in [0.1, 0.15) is 37.0 Å². The largest absolute Gasteiger partial charge is 0.458 e. The highest BCUT2D eigenvalue weighted by atomic mass is 16.6. The second-order valence-electron chi connectivity index (χ2n) is 9.75. The van der Waals surface area contributed by atoms with Gasteiger partial charge in [-0.25, -0.2) is 0 Å². The van der Waals surface area contributed by atoms with E-state index in [4.69, 9.17) is 18.9 Å². The first kappa shape index (κ1) is 28.7. The van der Waals surface area contributed by atoms with Crippen LogP contribution in [-0.2, 0) is 43.6 Å². The molecule has 0 aromatic heterocycles. The van der Waals surface area contributed by atoms with E-state index in [0.29, 0.717) is 26.4 Å². The summed E-state index contributed by atoms with van der Waals surface area (Å²) in [4.78, 5) is 12.3. The van der Waals surface area contributed by atoms with E-state index in [9.17, 15) is 4.79 Å². The first-order chi connectivity index (χ1) is 19.1. The zero-order valence-corrected chi connectivity index (χ0v) is 22.8. The molecule has 6 nitrogen and oxygen atoms in total. The van der Waals surface area contributed by atoms with Crippen LogP contribution in [0.15, 0.2) is 103 Å². The van der Waals surface area contributed by atoms with Crippen LogP contribution in [0.2, 0.25) is 0 Å². The number of ether oxygens (including phenoxy) is 4. The Hall–Kier alpha value is -3.29. The monoisotopic (exact) mass is 529 g/mol. The molecule has 1 aliphatic rings. The molecule has 1 N–H and O–H groups in total. The van der Waals surface area contributed by atoms with Crippen molar-refractivity contribution < 1.29 is 23.7 Å². The molecule has 4 rings (SSSR count). The molecule has 3 aromatic rings. The first-order valence-electron chi connectivity index (χ1n) is 13.7. The Morgan fingerprint density at radius 2 is 1.26 bits per heavy atom. The van der Waals surface area contributed by atoms with E-state index in [1.54, 1.807) is 0 Å². The predicted molar refractivity (Wildman–Crippen MR) is 152 cm³/mol. The van der Waals surface area contributed by atoms with Gasteiger partial charge < -0.3 is 24.3 Å². The van der Waals surface area contributed by atoms with E-state index in [-0.39, 0.29) is 12.0 Å². The molecule has 0 saturated heterocycles. The van der Waals surface area contributed by atoms with Crippen molar-refractivity contribution in [3.05, 3.63) is 119 Å². The highest BCUT2D eigenvalue weighted by molar-refractivity contribution is 5.66. The van der Waals surface area contributed by atoms with Crippen LogP contribution >= 0.6 is 0 Å². The average molecular weight is 530 g/mol. The van der Waals surface area contributed by atoms with Gasteiger partial charge >= 0.3 is 5.97 Å². The fraction of sp³-hybridized carbons (Fsp3) is 0.364. The molecular formula is C33H39NO5. The molecule has 206 valence electrons. The molecule has 0 unspecified atom stereocenters. The van der Waals surface area contributed by atoms with E-state index >= 15 is 0 Å². The summed E-state index contributed by atoms with van der Waals surface area (Å²) < 4.78 is 25.2. The summed E-state index contributed by atoms with van der Waals surface area (Å²) in [6, 6.07) is 29.9. The number of hydrogen-bond acceptors (Lipinski definition) is 6. The van der Waals surface area contributed by atoms with Crippen LogP contribution < -0.4 is 5.32 Å². The fourth-order valence-electron chi connectivity index (χ4n) is 4.73. The molecule has 0 fully saturated rings. The van der Waals surface area contributed by atoms with Crippen molar-refractivity contribution in [2.75, 3.05) is 13.2 Å². The Balaban J connectivity index is 1.62.